The van der Waals surface area contributed by atoms with Crippen LogP contribution in [0.4, 0.5) is 0 Å². The van der Waals surface area contributed by atoms with Crippen LogP contribution in [0.15, 0.2) is 55.1 Å². The second kappa shape index (κ2) is 9.74. The minimum absolute atomic E-state index is 0.203. The van der Waals surface area contributed by atoms with Crippen molar-refractivity contribution in [1.29, 1.82) is 0 Å². The van der Waals surface area contributed by atoms with Crippen molar-refractivity contribution in [3.05, 3.63) is 75.8 Å². The van der Waals surface area contributed by atoms with Gasteiger partial charge in [0.25, 0.3) is 0 Å². The molecule has 0 fully saturated rings. The first-order valence-corrected chi connectivity index (χ1v) is 10.8. The van der Waals surface area contributed by atoms with Gasteiger partial charge in [0, 0.05) is 23.8 Å². The molecule has 0 aliphatic rings. The molecule has 0 aliphatic carbocycles. The molecule has 0 saturated carbocycles. The Balaban J connectivity index is 1.86. The van der Waals surface area contributed by atoms with E-state index in [0.29, 0.717) is 26.6 Å². The predicted octanol–water partition coefficient (Wildman–Crippen LogP) is 7.52. The average Bonchev–Trinajstić information content (AvgIpc) is 3.20. The molecule has 0 saturated heterocycles. The van der Waals surface area contributed by atoms with Gasteiger partial charge in [-0.25, -0.2) is 4.98 Å². The lowest BCUT2D eigenvalue weighted by Crippen LogP contribution is -2.08. The van der Waals surface area contributed by atoms with E-state index in [1.165, 1.54) is 0 Å². The van der Waals surface area contributed by atoms with E-state index in [-0.39, 0.29) is 5.37 Å². The SMILES string of the molecule is CCCSC(Cc1ccc(Cl)c(Oc2ccc(Cl)cc2)c1Cl)n1ccnc1. The van der Waals surface area contributed by atoms with Crippen molar-refractivity contribution in [1.82, 2.24) is 9.55 Å². The van der Waals surface area contributed by atoms with Crippen molar-refractivity contribution in [2.75, 3.05) is 5.75 Å². The Hall–Kier alpha value is -1.33. The summed E-state index contributed by atoms with van der Waals surface area (Å²) in [5.41, 5.74) is 0.979. The zero-order chi connectivity index (χ0) is 19.2. The Kier molecular flexibility index (Phi) is 7.36. The Bertz CT molecular complexity index is 870. The summed E-state index contributed by atoms with van der Waals surface area (Å²) in [5.74, 6) is 2.15. The molecule has 1 aromatic heterocycles. The molecule has 0 amide bonds. The number of hydrogen-bond donors (Lipinski definition) is 0. The maximum Gasteiger partial charge on any atom is 0.164 e. The fourth-order valence-corrected chi connectivity index (χ4v) is 4.33. The standard InChI is InChI=1S/C20H19Cl3N2OS/c1-2-11-27-18(25-10-9-24-13-25)12-14-3-8-17(22)20(19(14)23)26-16-6-4-15(21)5-7-16/h3-10,13,18H,2,11-12H2,1H3. The summed E-state index contributed by atoms with van der Waals surface area (Å²) in [5, 5.41) is 1.85. The molecular formula is C20H19Cl3N2OS. The van der Waals surface area contributed by atoms with Gasteiger partial charge < -0.3 is 9.30 Å². The molecule has 1 heterocycles. The second-order valence-corrected chi connectivity index (χ2v) is 8.45. The van der Waals surface area contributed by atoms with Gasteiger partial charge in [0.05, 0.1) is 21.7 Å². The quantitative estimate of drug-likeness (QED) is 0.361. The number of nitrogens with zero attached hydrogens (tertiary/aromatic N) is 2. The molecular weight excluding hydrogens is 423 g/mol. The number of imidazole rings is 1. The molecule has 3 nitrogen and oxygen atoms in total. The van der Waals surface area contributed by atoms with Crippen LogP contribution in [0.2, 0.25) is 15.1 Å². The van der Waals surface area contributed by atoms with Gasteiger partial charge in [0.15, 0.2) is 5.75 Å². The molecule has 0 radical (unpaired) electrons. The summed E-state index contributed by atoms with van der Waals surface area (Å²) in [6.45, 7) is 2.17. The van der Waals surface area contributed by atoms with Gasteiger partial charge in [-0.05, 0) is 48.1 Å². The van der Waals surface area contributed by atoms with E-state index in [9.17, 15) is 0 Å². The lowest BCUT2D eigenvalue weighted by molar-refractivity contribution is 0.482. The van der Waals surface area contributed by atoms with Crippen molar-refractivity contribution < 1.29 is 4.74 Å². The summed E-state index contributed by atoms with van der Waals surface area (Å²) in [7, 11) is 0. The zero-order valence-corrected chi connectivity index (χ0v) is 17.8. The summed E-state index contributed by atoms with van der Waals surface area (Å²) in [4.78, 5) is 4.17. The molecule has 0 N–H and O–H groups in total. The van der Waals surface area contributed by atoms with Crippen LogP contribution in [-0.2, 0) is 6.42 Å². The predicted molar refractivity (Wildman–Crippen MR) is 116 cm³/mol. The van der Waals surface area contributed by atoms with Gasteiger partial charge in [-0.3, -0.25) is 0 Å². The molecule has 142 valence electrons. The molecule has 27 heavy (non-hydrogen) atoms. The molecule has 3 rings (SSSR count). The molecule has 1 unspecified atom stereocenters. The summed E-state index contributed by atoms with van der Waals surface area (Å²) < 4.78 is 8.04. The van der Waals surface area contributed by atoms with Gasteiger partial charge in [-0.2, -0.15) is 0 Å². The zero-order valence-electron chi connectivity index (χ0n) is 14.7. The smallest absolute Gasteiger partial charge is 0.164 e. The first kappa shape index (κ1) is 20.4. The molecule has 0 aliphatic heterocycles. The normalized spacial score (nSPS) is 12.1. The highest BCUT2D eigenvalue weighted by Gasteiger charge is 2.18. The Morgan fingerprint density at radius 2 is 1.89 bits per heavy atom. The maximum atomic E-state index is 6.67. The van der Waals surface area contributed by atoms with Crippen LogP contribution < -0.4 is 4.74 Å². The lowest BCUT2D eigenvalue weighted by atomic mass is 10.1. The van der Waals surface area contributed by atoms with Crippen LogP contribution in [0.1, 0.15) is 24.3 Å². The van der Waals surface area contributed by atoms with E-state index < -0.39 is 0 Å². The van der Waals surface area contributed by atoms with Crippen LogP contribution in [-0.4, -0.2) is 15.3 Å². The number of benzene rings is 2. The number of rotatable bonds is 8. The first-order valence-electron chi connectivity index (χ1n) is 8.57. The average molecular weight is 442 g/mol. The summed E-state index contributed by atoms with van der Waals surface area (Å²) in [6, 6.07) is 10.9. The fourth-order valence-electron chi connectivity index (χ4n) is 2.58. The fraction of sp³-hybridized carbons (Fsp3) is 0.250. The molecule has 0 spiro atoms. The summed E-state index contributed by atoms with van der Waals surface area (Å²) in [6.07, 6.45) is 7.45. The van der Waals surface area contributed by atoms with Crippen LogP contribution in [0, 0.1) is 0 Å². The van der Waals surface area contributed by atoms with E-state index in [4.69, 9.17) is 39.5 Å². The third-order valence-corrected chi connectivity index (χ3v) is 6.33. The Labute approximate surface area is 178 Å². The highest BCUT2D eigenvalue weighted by Crippen LogP contribution is 2.41. The minimum atomic E-state index is 0.203. The van der Waals surface area contributed by atoms with Gasteiger partial charge in [-0.15, -0.1) is 11.8 Å². The lowest BCUT2D eigenvalue weighted by Gasteiger charge is -2.20. The van der Waals surface area contributed by atoms with E-state index in [1.54, 1.807) is 30.5 Å². The van der Waals surface area contributed by atoms with Crippen molar-refractivity contribution >= 4 is 46.6 Å². The molecule has 3 aromatic rings. The topological polar surface area (TPSA) is 27.1 Å². The number of halogens is 3. The van der Waals surface area contributed by atoms with E-state index in [1.807, 2.05) is 36.4 Å². The van der Waals surface area contributed by atoms with Crippen molar-refractivity contribution in [2.45, 2.75) is 25.1 Å². The van der Waals surface area contributed by atoms with Crippen LogP contribution >= 0.6 is 46.6 Å². The minimum Gasteiger partial charge on any atom is -0.454 e. The van der Waals surface area contributed by atoms with Crippen molar-refractivity contribution in [3.63, 3.8) is 0 Å². The molecule has 7 heteroatoms. The Morgan fingerprint density at radius 1 is 1.11 bits per heavy atom. The van der Waals surface area contributed by atoms with Gasteiger partial charge >= 0.3 is 0 Å². The van der Waals surface area contributed by atoms with Crippen molar-refractivity contribution in [3.8, 4) is 11.5 Å². The van der Waals surface area contributed by atoms with E-state index in [0.717, 1.165) is 24.2 Å². The maximum absolute atomic E-state index is 6.67. The number of aromatic nitrogens is 2. The molecule has 1 atom stereocenters. The third-order valence-electron chi connectivity index (χ3n) is 3.93. The summed E-state index contributed by atoms with van der Waals surface area (Å²) >= 11 is 20.8. The van der Waals surface area contributed by atoms with Gasteiger partial charge in [0.2, 0.25) is 0 Å². The van der Waals surface area contributed by atoms with Gasteiger partial charge in [0.1, 0.15) is 5.75 Å². The van der Waals surface area contributed by atoms with Crippen LogP contribution in [0.3, 0.4) is 0 Å². The van der Waals surface area contributed by atoms with E-state index in [2.05, 4.69) is 16.5 Å². The number of ether oxygens (including phenoxy) is 1. The third kappa shape index (κ3) is 5.35. The number of hydrogen-bond acceptors (Lipinski definition) is 3. The molecule has 0 bridgehead atoms. The Morgan fingerprint density at radius 3 is 2.56 bits per heavy atom. The monoisotopic (exact) mass is 440 g/mol. The van der Waals surface area contributed by atoms with Gasteiger partial charge in [-0.1, -0.05) is 47.8 Å². The number of thioether (sulfide) groups is 1. The second-order valence-electron chi connectivity index (χ2n) is 5.95. The highest BCUT2D eigenvalue weighted by atomic mass is 35.5. The van der Waals surface area contributed by atoms with Crippen LogP contribution in [0.5, 0.6) is 11.5 Å². The van der Waals surface area contributed by atoms with Crippen LogP contribution in [0.25, 0.3) is 0 Å². The van der Waals surface area contributed by atoms with E-state index >= 15 is 0 Å². The highest BCUT2D eigenvalue weighted by molar-refractivity contribution is 7.99. The largest absolute Gasteiger partial charge is 0.454 e. The molecule has 2 aromatic carbocycles. The van der Waals surface area contributed by atoms with Crippen molar-refractivity contribution in [2.24, 2.45) is 0 Å². The first-order chi connectivity index (χ1) is 13.1.